The zero-order valence-corrected chi connectivity index (χ0v) is 8.83. The monoisotopic (exact) mass is 191 g/mol. The fraction of sp³-hybridized carbons (Fsp3) is 0.545. The lowest BCUT2D eigenvalue weighted by molar-refractivity contribution is 0.549. The fourth-order valence-electron chi connectivity index (χ4n) is 1.76. The Morgan fingerprint density at radius 1 is 1.57 bits per heavy atom. The van der Waals surface area contributed by atoms with Crippen LogP contribution < -0.4 is 10.2 Å². The Balaban J connectivity index is 1.99. The highest BCUT2D eigenvalue weighted by atomic mass is 15.2. The van der Waals surface area contributed by atoms with Crippen LogP contribution in [0.3, 0.4) is 0 Å². The van der Waals surface area contributed by atoms with Crippen molar-refractivity contribution in [1.82, 2.24) is 10.3 Å². The predicted octanol–water partition coefficient (Wildman–Crippen LogP) is 1.27. The maximum absolute atomic E-state index is 4.12. The average molecular weight is 191 g/mol. The van der Waals surface area contributed by atoms with E-state index in [1.165, 1.54) is 18.5 Å². The van der Waals surface area contributed by atoms with E-state index >= 15 is 0 Å². The Bertz CT molecular complexity index is 293. The van der Waals surface area contributed by atoms with Crippen molar-refractivity contribution < 1.29 is 0 Å². The maximum atomic E-state index is 4.12. The van der Waals surface area contributed by atoms with Crippen molar-refractivity contribution in [2.24, 2.45) is 0 Å². The Labute approximate surface area is 85.1 Å². The first-order valence-electron chi connectivity index (χ1n) is 5.06. The molecule has 0 spiro atoms. The largest absolute Gasteiger partial charge is 0.372 e. The van der Waals surface area contributed by atoms with Gasteiger partial charge < -0.3 is 10.2 Å². The van der Waals surface area contributed by atoms with Gasteiger partial charge in [0.05, 0.1) is 11.9 Å². The number of aromatic nitrogens is 1. The van der Waals surface area contributed by atoms with Gasteiger partial charge in [0.25, 0.3) is 0 Å². The molecule has 1 aliphatic carbocycles. The van der Waals surface area contributed by atoms with E-state index in [2.05, 4.69) is 28.3 Å². The van der Waals surface area contributed by atoms with E-state index in [-0.39, 0.29) is 0 Å². The Morgan fingerprint density at radius 3 is 2.86 bits per heavy atom. The molecule has 0 saturated heterocycles. The molecule has 3 nitrogen and oxygen atoms in total. The molecule has 1 N–H and O–H groups in total. The van der Waals surface area contributed by atoms with Gasteiger partial charge in [0, 0.05) is 25.3 Å². The third-order valence-electron chi connectivity index (χ3n) is 3.01. The summed E-state index contributed by atoms with van der Waals surface area (Å²) in [5.74, 6) is 0. The smallest absolute Gasteiger partial charge is 0.0550 e. The molecule has 1 aromatic heterocycles. The molecule has 0 amide bonds. The van der Waals surface area contributed by atoms with Gasteiger partial charge in [0.1, 0.15) is 0 Å². The van der Waals surface area contributed by atoms with Crippen molar-refractivity contribution in [2.75, 3.05) is 25.5 Å². The van der Waals surface area contributed by atoms with Crippen LogP contribution in [0, 0.1) is 0 Å². The lowest BCUT2D eigenvalue weighted by Crippen LogP contribution is -2.39. The van der Waals surface area contributed by atoms with Crippen molar-refractivity contribution in [3.63, 3.8) is 0 Å². The predicted molar refractivity (Wildman–Crippen MR) is 58.5 cm³/mol. The van der Waals surface area contributed by atoms with Crippen molar-refractivity contribution in [3.05, 3.63) is 24.5 Å². The van der Waals surface area contributed by atoms with E-state index in [0.29, 0.717) is 5.54 Å². The van der Waals surface area contributed by atoms with Gasteiger partial charge >= 0.3 is 0 Å². The van der Waals surface area contributed by atoms with Crippen LogP contribution >= 0.6 is 0 Å². The van der Waals surface area contributed by atoms with Crippen molar-refractivity contribution in [1.29, 1.82) is 0 Å². The SMILES string of the molecule is CNC1(CN(C)c2cccnc2)CC1. The van der Waals surface area contributed by atoms with Crippen LogP contribution in [0.1, 0.15) is 12.8 Å². The minimum Gasteiger partial charge on any atom is -0.372 e. The standard InChI is InChI=1S/C11H17N3/c1-12-11(5-6-11)9-14(2)10-4-3-7-13-8-10/h3-4,7-8,12H,5-6,9H2,1-2H3. The molecule has 0 bridgehead atoms. The number of nitrogens with zero attached hydrogens (tertiary/aromatic N) is 2. The first kappa shape index (κ1) is 9.46. The molecule has 1 saturated carbocycles. The zero-order valence-electron chi connectivity index (χ0n) is 8.83. The summed E-state index contributed by atoms with van der Waals surface area (Å²) in [6.07, 6.45) is 6.29. The van der Waals surface area contributed by atoms with Gasteiger partial charge in [-0.1, -0.05) is 0 Å². The second kappa shape index (κ2) is 3.58. The minimum atomic E-state index is 0.366. The number of pyridine rings is 1. The summed E-state index contributed by atoms with van der Waals surface area (Å²) in [7, 11) is 4.17. The summed E-state index contributed by atoms with van der Waals surface area (Å²) in [5.41, 5.74) is 1.55. The van der Waals surface area contributed by atoms with Crippen LogP contribution in [0.5, 0.6) is 0 Å². The summed E-state index contributed by atoms with van der Waals surface area (Å²) < 4.78 is 0. The first-order valence-corrected chi connectivity index (χ1v) is 5.06. The van der Waals surface area contributed by atoms with Gasteiger partial charge in [-0.25, -0.2) is 0 Å². The quantitative estimate of drug-likeness (QED) is 0.777. The van der Waals surface area contributed by atoms with Crippen LogP contribution in [0.15, 0.2) is 24.5 Å². The second-order valence-corrected chi connectivity index (χ2v) is 4.10. The van der Waals surface area contributed by atoms with Gasteiger partial charge in [-0.15, -0.1) is 0 Å². The van der Waals surface area contributed by atoms with E-state index in [9.17, 15) is 0 Å². The summed E-state index contributed by atoms with van der Waals surface area (Å²) in [6, 6.07) is 4.07. The van der Waals surface area contributed by atoms with E-state index < -0.39 is 0 Å². The van der Waals surface area contributed by atoms with Gasteiger partial charge in [-0.3, -0.25) is 4.98 Å². The van der Waals surface area contributed by atoms with Crippen molar-refractivity contribution in [3.8, 4) is 0 Å². The van der Waals surface area contributed by atoms with Crippen LogP contribution in [0.4, 0.5) is 5.69 Å². The Kier molecular flexibility index (Phi) is 2.42. The number of rotatable bonds is 4. The highest BCUT2D eigenvalue weighted by molar-refractivity contribution is 5.43. The molecule has 0 aromatic carbocycles. The third kappa shape index (κ3) is 1.87. The van der Waals surface area contributed by atoms with Gasteiger partial charge in [0.15, 0.2) is 0 Å². The number of anilines is 1. The van der Waals surface area contributed by atoms with E-state index in [1.807, 2.05) is 25.5 Å². The topological polar surface area (TPSA) is 28.2 Å². The zero-order chi connectivity index (χ0) is 10.0. The second-order valence-electron chi connectivity index (χ2n) is 4.10. The maximum Gasteiger partial charge on any atom is 0.0550 e. The highest BCUT2D eigenvalue weighted by Crippen LogP contribution is 2.36. The Hall–Kier alpha value is -1.09. The number of hydrogen-bond donors (Lipinski definition) is 1. The fourth-order valence-corrected chi connectivity index (χ4v) is 1.76. The molecule has 1 heterocycles. The molecule has 0 aliphatic heterocycles. The molecular formula is C11H17N3. The van der Waals surface area contributed by atoms with Crippen molar-refractivity contribution >= 4 is 5.69 Å². The molecule has 0 radical (unpaired) electrons. The molecular weight excluding hydrogens is 174 g/mol. The number of likely N-dealkylation sites (N-methyl/N-ethyl adjacent to an activating group) is 2. The van der Waals surface area contributed by atoms with Crippen LogP contribution in [-0.2, 0) is 0 Å². The van der Waals surface area contributed by atoms with E-state index in [0.717, 1.165) is 6.54 Å². The molecule has 76 valence electrons. The summed E-state index contributed by atoms with van der Waals surface area (Å²) >= 11 is 0. The van der Waals surface area contributed by atoms with Crippen LogP contribution in [0.2, 0.25) is 0 Å². The van der Waals surface area contributed by atoms with Crippen LogP contribution in [0.25, 0.3) is 0 Å². The minimum absolute atomic E-state index is 0.366. The lowest BCUT2D eigenvalue weighted by Gasteiger charge is -2.24. The normalized spacial score (nSPS) is 17.9. The molecule has 0 atom stereocenters. The molecule has 1 aliphatic rings. The van der Waals surface area contributed by atoms with Gasteiger partial charge in [0.2, 0.25) is 0 Å². The molecule has 14 heavy (non-hydrogen) atoms. The van der Waals surface area contributed by atoms with Gasteiger partial charge in [-0.2, -0.15) is 0 Å². The molecule has 2 rings (SSSR count). The summed E-state index contributed by atoms with van der Waals surface area (Å²) in [6.45, 7) is 1.06. The Morgan fingerprint density at radius 2 is 2.36 bits per heavy atom. The van der Waals surface area contributed by atoms with Crippen LogP contribution in [-0.4, -0.2) is 31.2 Å². The average Bonchev–Trinajstić information content (AvgIpc) is 3.00. The summed E-state index contributed by atoms with van der Waals surface area (Å²) in [4.78, 5) is 6.38. The molecule has 3 heteroatoms. The van der Waals surface area contributed by atoms with Crippen molar-refractivity contribution in [2.45, 2.75) is 18.4 Å². The molecule has 1 aromatic rings. The lowest BCUT2D eigenvalue weighted by atomic mass is 10.2. The molecule has 1 fully saturated rings. The third-order valence-corrected chi connectivity index (χ3v) is 3.01. The molecule has 0 unspecified atom stereocenters. The van der Waals surface area contributed by atoms with E-state index in [4.69, 9.17) is 0 Å². The first-order chi connectivity index (χ1) is 6.76. The van der Waals surface area contributed by atoms with E-state index in [1.54, 1.807) is 0 Å². The van der Waals surface area contributed by atoms with Gasteiger partial charge in [-0.05, 0) is 32.0 Å². The number of hydrogen-bond acceptors (Lipinski definition) is 3. The number of nitrogens with one attached hydrogen (secondary N) is 1. The highest BCUT2D eigenvalue weighted by Gasteiger charge is 2.41. The summed E-state index contributed by atoms with van der Waals surface area (Å²) in [5, 5.41) is 3.39.